The Bertz CT molecular complexity index is 653. The molecular weight excluding hydrogens is 327 g/mol. The molecule has 0 radical (unpaired) electrons. The van der Waals surface area contributed by atoms with E-state index in [1.165, 1.54) is 42.7 Å². The number of carbonyl (C=O) groups excluding carboxylic acids is 1. The summed E-state index contributed by atoms with van der Waals surface area (Å²) in [5.41, 5.74) is -0.422. The predicted octanol–water partition coefficient (Wildman–Crippen LogP) is 2.81. The highest BCUT2D eigenvalue weighted by Crippen LogP contribution is 2.30. The van der Waals surface area contributed by atoms with Crippen LogP contribution in [0.2, 0.25) is 0 Å². The van der Waals surface area contributed by atoms with Crippen LogP contribution in [0.3, 0.4) is 0 Å². The molecule has 24 heavy (non-hydrogen) atoms. The lowest BCUT2D eigenvalue weighted by Crippen LogP contribution is -2.36. The average molecular weight is 343 g/mol. The molecule has 1 atom stereocenters. The first kappa shape index (κ1) is 17.9. The van der Waals surface area contributed by atoms with Gasteiger partial charge in [-0.2, -0.15) is 13.2 Å². The molecule has 1 heterocycles. The van der Waals surface area contributed by atoms with E-state index in [2.05, 4.69) is 0 Å². The minimum Gasteiger partial charge on any atom is -0.491 e. The van der Waals surface area contributed by atoms with Crippen LogP contribution in [0.1, 0.15) is 15.9 Å². The third-order valence-electron chi connectivity index (χ3n) is 3.22. The summed E-state index contributed by atoms with van der Waals surface area (Å²) in [6, 6.07) is 5.65. The summed E-state index contributed by atoms with van der Waals surface area (Å²) in [6.07, 6.45) is -2.74. The van der Waals surface area contributed by atoms with Crippen molar-refractivity contribution in [3.05, 3.63) is 54.0 Å². The lowest BCUT2D eigenvalue weighted by atomic mass is 10.2. The molecule has 1 aromatic heterocycles. The van der Waals surface area contributed by atoms with E-state index in [4.69, 9.17) is 9.15 Å². The Morgan fingerprint density at radius 3 is 2.50 bits per heavy atom. The number of amides is 1. The molecule has 0 bridgehead atoms. The summed E-state index contributed by atoms with van der Waals surface area (Å²) in [5, 5.41) is 9.89. The van der Waals surface area contributed by atoms with Gasteiger partial charge in [-0.05, 0) is 30.3 Å². The zero-order chi connectivity index (χ0) is 17.7. The Hall–Kier alpha value is -2.48. The molecule has 1 aromatic carbocycles. The van der Waals surface area contributed by atoms with Gasteiger partial charge >= 0.3 is 6.18 Å². The van der Waals surface area contributed by atoms with E-state index in [0.717, 1.165) is 12.1 Å². The lowest BCUT2D eigenvalue weighted by Gasteiger charge is -2.20. The van der Waals surface area contributed by atoms with Crippen LogP contribution in [0, 0.1) is 0 Å². The fraction of sp³-hybridized carbons (Fsp3) is 0.312. The maximum atomic E-state index is 12.4. The Labute approximate surface area is 136 Å². The minimum absolute atomic E-state index is 0.00461. The molecule has 130 valence electrons. The van der Waals surface area contributed by atoms with Gasteiger partial charge in [0.2, 0.25) is 0 Å². The topological polar surface area (TPSA) is 62.9 Å². The van der Waals surface area contributed by atoms with Crippen molar-refractivity contribution < 1.29 is 32.2 Å². The Kier molecular flexibility index (Phi) is 5.50. The van der Waals surface area contributed by atoms with Gasteiger partial charge in [-0.25, -0.2) is 0 Å². The Morgan fingerprint density at radius 1 is 1.29 bits per heavy atom. The molecule has 0 spiro atoms. The standard InChI is InChI=1S/C16H16F3NO4/c1-20(15(22)11-6-7-23-9-11)8-13(21)10-24-14-4-2-12(3-5-14)16(17,18)19/h2-7,9,13,21H,8,10H2,1H3. The number of nitrogens with zero attached hydrogens (tertiary/aromatic N) is 1. The molecule has 1 unspecified atom stereocenters. The number of benzene rings is 1. The van der Waals surface area contributed by atoms with Crippen LogP contribution < -0.4 is 4.74 Å². The van der Waals surface area contributed by atoms with Crippen LogP contribution >= 0.6 is 0 Å². The zero-order valence-corrected chi connectivity index (χ0v) is 12.8. The number of hydrogen-bond donors (Lipinski definition) is 1. The molecule has 0 aliphatic heterocycles. The van der Waals surface area contributed by atoms with E-state index in [1.54, 1.807) is 0 Å². The van der Waals surface area contributed by atoms with Gasteiger partial charge in [0.25, 0.3) is 5.91 Å². The van der Waals surface area contributed by atoms with E-state index in [1.807, 2.05) is 0 Å². The van der Waals surface area contributed by atoms with Crippen LogP contribution in [-0.2, 0) is 6.18 Å². The third kappa shape index (κ3) is 4.76. The Balaban J connectivity index is 1.82. The van der Waals surface area contributed by atoms with E-state index >= 15 is 0 Å². The van der Waals surface area contributed by atoms with E-state index in [9.17, 15) is 23.1 Å². The van der Waals surface area contributed by atoms with Crippen LogP contribution in [-0.4, -0.2) is 42.2 Å². The maximum Gasteiger partial charge on any atom is 0.416 e. The summed E-state index contributed by atoms with van der Waals surface area (Å²) in [4.78, 5) is 13.3. The summed E-state index contributed by atoms with van der Waals surface area (Å²) in [6.45, 7) is -0.154. The van der Waals surface area contributed by atoms with Crippen molar-refractivity contribution in [2.24, 2.45) is 0 Å². The SMILES string of the molecule is CN(CC(O)COc1ccc(C(F)(F)F)cc1)C(=O)c1ccoc1. The largest absolute Gasteiger partial charge is 0.491 e. The summed E-state index contributed by atoms with van der Waals surface area (Å²) >= 11 is 0. The zero-order valence-electron chi connectivity index (χ0n) is 12.8. The van der Waals surface area contributed by atoms with E-state index < -0.39 is 17.8 Å². The van der Waals surface area contributed by atoms with Gasteiger partial charge in [-0.1, -0.05) is 0 Å². The number of halogens is 3. The molecule has 8 heteroatoms. The van der Waals surface area contributed by atoms with Gasteiger partial charge in [-0.3, -0.25) is 4.79 Å². The predicted molar refractivity (Wildman–Crippen MR) is 78.6 cm³/mol. The molecular formula is C16H16F3NO4. The fourth-order valence-electron chi connectivity index (χ4n) is 1.99. The number of likely N-dealkylation sites (N-methyl/N-ethyl adjacent to an activating group) is 1. The maximum absolute atomic E-state index is 12.4. The number of ether oxygens (including phenoxy) is 1. The number of alkyl halides is 3. The number of hydrogen-bond acceptors (Lipinski definition) is 4. The smallest absolute Gasteiger partial charge is 0.416 e. The second kappa shape index (κ2) is 7.39. The molecule has 1 N–H and O–H groups in total. The van der Waals surface area contributed by atoms with Gasteiger partial charge in [-0.15, -0.1) is 0 Å². The van der Waals surface area contributed by atoms with Crippen LogP contribution in [0.5, 0.6) is 5.75 Å². The number of aliphatic hydroxyl groups excluding tert-OH is 1. The van der Waals surface area contributed by atoms with Crippen LogP contribution in [0.25, 0.3) is 0 Å². The monoisotopic (exact) mass is 343 g/mol. The highest BCUT2D eigenvalue weighted by molar-refractivity contribution is 5.93. The highest BCUT2D eigenvalue weighted by atomic mass is 19.4. The number of furan rings is 1. The molecule has 0 saturated heterocycles. The van der Waals surface area contributed by atoms with Gasteiger partial charge in [0.15, 0.2) is 0 Å². The molecule has 0 saturated carbocycles. The molecule has 2 aromatic rings. The fourth-order valence-corrected chi connectivity index (χ4v) is 1.99. The van der Waals surface area contributed by atoms with Crippen molar-refractivity contribution in [1.29, 1.82) is 0 Å². The van der Waals surface area contributed by atoms with Crippen LogP contribution in [0.4, 0.5) is 13.2 Å². The van der Waals surface area contributed by atoms with E-state index in [-0.39, 0.29) is 24.8 Å². The van der Waals surface area contributed by atoms with Crippen molar-refractivity contribution in [3.63, 3.8) is 0 Å². The van der Waals surface area contributed by atoms with Crippen molar-refractivity contribution in [1.82, 2.24) is 4.90 Å². The van der Waals surface area contributed by atoms with Crippen molar-refractivity contribution in [2.45, 2.75) is 12.3 Å². The van der Waals surface area contributed by atoms with E-state index in [0.29, 0.717) is 5.56 Å². The minimum atomic E-state index is -4.41. The molecule has 0 aliphatic rings. The van der Waals surface area contributed by atoms with Gasteiger partial charge in [0.05, 0.1) is 17.4 Å². The third-order valence-corrected chi connectivity index (χ3v) is 3.22. The highest BCUT2D eigenvalue weighted by Gasteiger charge is 2.30. The number of carbonyl (C=O) groups is 1. The average Bonchev–Trinajstić information content (AvgIpc) is 3.06. The van der Waals surface area contributed by atoms with Crippen LogP contribution in [0.15, 0.2) is 47.3 Å². The molecule has 2 rings (SSSR count). The lowest BCUT2D eigenvalue weighted by molar-refractivity contribution is -0.137. The molecule has 0 fully saturated rings. The number of aliphatic hydroxyl groups is 1. The van der Waals surface area contributed by atoms with Gasteiger partial charge in [0.1, 0.15) is 24.7 Å². The van der Waals surface area contributed by atoms with Crippen molar-refractivity contribution in [2.75, 3.05) is 20.2 Å². The van der Waals surface area contributed by atoms with Gasteiger partial charge in [0, 0.05) is 13.6 Å². The molecule has 0 aliphatic carbocycles. The summed E-state index contributed by atoms with van der Waals surface area (Å²) < 4.78 is 47.4. The summed E-state index contributed by atoms with van der Waals surface area (Å²) in [7, 11) is 1.51. The molecule has 5 nitrogen and oxygen atoms in total. The first-order chi connectivity index (χ1) is 11.3. The van der Waals surface area contributed by atoms with Crippen molar-refractivity contribution >= 4 is 5.91 Å². The quantitative estimate of drug-likeness (QED) is 0.876. The first-order valence-electron chi connectivity index (χ1n) is 7.03. The number of rotatable bonds is 6. The van der Waals surface area contributed by atoms with Crippen molar-refractivity contribution in [3.8, 4) is 5.75 Å². The molecule has 1 amide bonds. The normalized spacial score (nSPS) is 12.7. The second-order valence-corrected chi connectivity index (χ2v) is 5.18. The van der Waals surface area contributed by atoms with Gasteiger partial charge < -0.3 is 19.2 Å². The first-order valence-corrected chi connectivity index (χ1v) is 7.03. The summed E-state index contributed by atoms with van der Waals surface area (Å²) in [5.74, 6) is -0.122. The Morgan fingerprint density at radius 2 is 1.96 bits per heavy atom. The second-order valence-electron chi connectivity index (χ2n) is 5.18.